The number of aromatic nitrogens is 2. The molecular formula is C21H24N4O2. The number of methoxy groups -OCH3 is 1. The van der Waals surface area contributed by atoms with Crippen LogP contribution in [0, 0.1) is 13.8 Å². The average Bonchev–Trinajstić information content (AvgIpc) is 2.97. The number of para-hydroxylation sites is 2. The molecule has 6 nitrogen and oxygen atoms in total. The summed E-state index contributed by atoms with van der Waals surface area (Å²) in [7, 11) is 3.39. The summed E-state index contributed by atoms with van der Waals surface area (Å²) in [5, 5.41) is 7.56. The van der Waals surface area contributed by atoms with E-state index in [0.717, 1.165) is 34.1 Å². The van der Waals surface area contributed by atoms with Gasteiger partial charge in [-0.25, -0.2) is 9.48 Å². The summed E-state index contributed by atoms with van der Waals surface area (Å²) < 4.78 is 7.20. The normalized spacial score (nSPS) is 10.5. The van der Waals surface area contributed by atoms with Gasteiger partial charge in [0.15, 0.2) is 0 Å². The lowest BCUT2D eigenvalue weighted by atomic mass is 10.2. The monoisotopic (exact) mass is 364 g/mol. The van der Waals surface area contributed by atoms with Gasteiger partial charge in [0.25, 0.3) is 0 Å². The number of urea groups is 1. The zero-order valence-corrected chi connectivity index (χ0v) is 16.1. The number of amides is 2. The van der Waals surface area contributed by atoms with Crippen molar-refractivity contribution in [2.75, 3.05) is 19.5 Å². The molecule has 0 saturated heterocycles. The van der Waals surface area contributed by atoms with Crippen molar-refractivity contribution in [2.45, 2.75) is 20.4 Å². The van der Waals surface area contributed by atoms with Gasteiger partial charge < -0.3 is 15.0 Å². The van der Waals surface area contributed by atoms with E-state index in [1.165, 1.54) is 0 Å². The lowest BCUT2D eigenvalue weighted by Gasteiger charge is -2.19. The Balaban J connectivity index is 1.77. The molecular weight excluding hydrogens is 340 g/mol. The maximum absolute atomic E-state index is 12.7. The fourth-order valence-corrected chi connectivity index (χ4v) is 3.01. The fourth-order valence-electron chi connectivity index (χ4n) is 3.01. The highest BCUT2D eigenvalue weighted by molar-refractivity contribution is 5.90. The summed E-state index contributed by atoms with van der Waals surface area (Å²) in [5.41, 5.74) is 4.30. The van der Waals surface area contributed by atoms with Crippen LogP contribution in [-0.4, -0.2) is 34.9 Å². The minimum atomic E-state index is -0.195. The van der Waals surface area contributed by atoms with Crippen LogP contribution in [0.4, 0.5) is 10.5 Å². The number of aryl methyl sites for hydroxylation is 1. The number of carbonyl (C=O) groups is 1. The molecule has 0 bridgehead atoms. The summed E-state index contributed by atoms with van der Waals surface area (Å²) in [6, 6.07) is 17.3. The van der Waals surface area contributed by atoms with Gasteiger partial charge in [-0.1, -0.05) is 36.4 Å². The lowest BCUT2D eigenvalue weighted by Crippen LogP contribution is -2.31. The molecule has 1 N–H and O–H groups in total. The van der Waals surface area contributed by atoms with Crippen LogP contribution in [0.3, 0.4) is 0 Å². The van der Waals surface area contributed by atoms with E-state index in [-0.39, 0.29) is 6.03 Å². The maximum Gasteiger partial charge on any atom is 0.321 e. The number of benzene rings is 2. The standard InChI is InChI=1S/C21H24N4O2/c1-15-20(16(2)25(23-15)18-11-6-5-7-12-18)22-21(26)24(3)14-17-10-8-9-13-19(17)27-4/h5-13H,14H2,1-4H3,(H,22,26). The van der Waals surface area contributed by atoms with E-state index in [1.807, 2.05) is 73.1 Å². The molecule has 6 heteroatoms. The zero-order valence-electron chi connectivity index (χ0n) is 16.1. The molecule has 3 rings (SSSR count). The zero-order chi connectivity index (χ0) is 19.4. The van der Waals surface area contributed by atoms with Crippen LogP contribution in [0.25, 0.3) is 5.69 Å². The van der Waals surface area contributed by atoms with Gasteiger partial charge in [0.1, 0.15) is 5.75 Å². The number of hydrogen-bond acceptors (Lipinski definition) is 3. The number of nitrogens with zero attached hydrogens (tertiary/aromatic N) is 3. The predicted molar refractivity (Wildman–Crippen MR) is 107 cm³/mol. The van der Waals surface area contributed by atoms with Gasteiger partial charge in [-0.05, 0) is 32.0 Å². The second kappa shape index (κ2) is 7.95. The molecule has 1 aromatic heterocycles. The van der Waals surface area contributed by atoms with Crippen molar-refractivity contribution < 1.29 is 9.53 Å². The first-order valence-corrected chi connectivity index (χ1v) is 8.77. The molecule has 3 aromatic rings. The third-order valence-corrected chi connectivity index (χ3v) is 4.47. The molecule has 0 aliphatic carbocycles. The fraction of sp³-hybridized carbons (Fsp3) is 0.238. The van der Waals surface area contributed by atoms with E-state index in [4.69, 9.17) is 4.74 Å². The maximum atomic E-state index is 12.7. The van der Waals surface area contributed by atoms with Gasteiger partial charge in [-0.3, -0.25) is 0 Å². The highest BCUT2D eigenvalue weighted by Crippen LogP contribution is 2.24. The topological polar surface area (TPSA) is 59.4 Å². The molecule has 2 aromatic carbocycles. The Labute approximate surface area is 159 Å². The summed E-state index contributed by atoms with van der Waals surface area (Å²) in [4.78, 5) is 14.3. The van der Waals surface area contributed by atoms with Gasteiger partial charge in [-0.2, -0.15) is 5.10 Å². The second-order valence-corrected chi connectivity index (χ2v) is 6.39. The molecule has 0 atom stereocenters. The second-order valence-electron chi connectivity index (χ2n) is 6.39. The average molecular weight is 364 g/mol. The number of rotatable bonds is 5. The minimum Gasteiger partial charge on any atom is -0.496 e. The lowest BCUT2D eigenvalue weighted by molar-refractivity contribution is 0.220. The molecule has 0 saturated carbocycles. The molecule has 0 aliphatic rings. The summed E-state index contributed by atoms with van der Waals surface area (Å²) in [5.74, 6) is 0.765. The molecule has 0 aliphatic heterocycles. The van der Waals surface area contributed by atoms with Crippen molar-refractivity contribution in [1.29, 1.82) is 0 Å². The van der Waals surface area contributed by atoms with Gasteiger partial charge >= 0.3 is 6.03 Å². The van der Waals surface area contributed by atoms with Crippen LogP contribution in [0.5, 0.6) is 5.75 Å². The third kappa shape index (κ3) is 3.95. The molecule has 0 spiro atoms. The van der Waals surface area contributed by atoms with Crippen LogP contribution in [0.15, 0.2) is 54.6 Å². The van der Waals surface area contributed by atoms with E-state index in [0.29, 0.717) is 6.54 Å². The Kier molecular flexibility index (Phi) is 5.45. The number of ether oxygens (including phenoxy) is 1. The third-order valence-electron chi connectivity index (χ3n) is 4.47. The van der Waals surface area contributed by atoms with Crippen molar-refractivity contribution in [3.05, 3.63) is 71.5 Å². The van der Waals surface area contributed by atoms with Crippen molar-refractivity contribution in [3.8, 4) is 11.4 Å². The van der Waals surface area contributed by atoms with Gasteiger partial charge in [0.05, 0.1) is 36.4 Å². The Hall–Kier alpha value is -3.28. The first kappa shape index (κ1) is 18.5. The van der Waals surface area contributed by atoms with Crippen molar-refractivity contribution in [3.63, 3.8) is 0 Å². The summed E-state index contributed by atoms with van der Waals surface area (Å²) in [6.07, 6.45) is 0. The van der Waals surface area contributed by atoms with Crippen molar-refractivity contribution >= 4 is 11.7 Å². The number of hydrogen-bond donors (Lipinski definition) is 1. The van der Waals surface area contributed by atoms with E-state index >= 15 is 0 Å². The van der Waals surface area contributed by atoms with Crippen LogP contribution in [0.2, 0.25) is 0 Å². The molecule has 2 amide bonds. The van der Waals surface area contributed by atoms with Crippen LogP contribution in [-0.2, 0) is 6.54 Å². The van der Waals surface area contributed by atoms with E-state index < -0.39 is 0 Å². The minimum absolute atomic E-state index is 0.195. The first-order chi connectivity index (χ1) is 13.0. The van der Waals surface area contributed by atoms with Crippen molar-refractivity contribution in [2.24, 2.45) is 0 Å². The number of carbonyl (C=O) groups excluding carboxylic acids is 1. The molecule has 1 heterocycles. The van der Waals surface area contributed by atoms with Crippen LogP contribution in [0.1, 0.15) is 17.0 Å². The van der Waals surface area contributed by atoms with E-state index in [9.17, 15) is 4.79 Å². The van der Waals surface area contributed by atoms with Crippen LogP contribution < -0.4 is 10.1 Å². The Morgan fingerprint density at radius 1 is 1.11 bits per heavy atom. The van der Waals surface area contributed by atoms with E-state index in [1.54, 1.807) is 19.1 Å². The summed E-state index contributed by atoms with van der Waals surface area (Å²) >= 11 is 0. The number of anilines is 1. The SMILES string of the molecule is COc1ccccc1CN(C)C(=O)Nc1c(C)nn(-c2ccccc2)c1C. The number of nitrogens with one attached hydrogen (secondary N) is 1. The Morgan fingerprint density at radius 2 is 1.78 bits per heavy atom. The quantitative estimate of drug-likeness (QED) is 0.739. The molecule has 0 radical (unpaired) electrons. The molecule has 0 unspecified atom stereocenters. The molecule has 140 valence electrons. The van der Waals surface area contributed by atoms with Crippen molar-refractivity contribution in [1.82, 2.24) is 14.7 Å². The largest absolute Gasteiger partial charge is 0.496 e. The first-order valence-electron chi connectivity index (χ1n) is 8.77. The van der Waals surface area contributed by atoms with E-state index in [2.05, 4.69) is 10.4 Å². The molecule has 0 fully saturated rings. The highest BCUT2D eigenvalue weighted by Gasteiger charge is 2.18. The van der Waals surface area contributed by atoms with Gasteiger partial charge in [0.2, 0.25) is 0 Å². The van der Waals surface area contributed by atoms with Gasteiger partial charge in [0, 0.05) is 12.6 Å². The molecule has 27 heavy (non-hydrogen) atoms. The summed E-state index contributed by atoms with van der Waals surface area (Å²) in [6.45, 7) is 4.28. The van der Waals surface area contributed by atoms with Crippen LogP contribution >= 0.6 is 0 Å². The smallest absolute Gasteiger partial charge is 0.321 e. The Morgan fingerprint density at radius 3 is 2.48 bits per heavy atom. The Bertz CT molecular complexity index is 935. The van der Waals surface area contributed by atoms with Gasteiger partial charge in [-0.15, -0.1) is 0 Å². The highest BCUT2D eigenvalue weighted by atomic mass is 16.5. The predicted octanol–water partition coefficient (Wildman–Crippen LogP) is 4.16.